The van der Waals surface area contributed by atoms with Crippen molar-refractivity contribution in [1.29, 1.82) is 0 Å². The lowest BCUT2D eigenvalue weighted by atomic mass is 10.1. The van der Waals surface area contributed by atoms with Crippen molar-refractivity contribution in [3.8, 4) is 0 Å². The Kier molecular flexibility index (Phi) is 4.60. The molecule has 28 heavy (non-hydrogen) atoms. The maximum atomic E-state index is 12.1. The largest absolute Gasteiger partial charge is 0.394 e. The summed E-state index contributed by atoms with van der Waals surface area (Å²) in [5.41, 5.74) is -2.27. The van der Waals surface area contributed by atoms with Crippen LogP contribution < -0.4 is 16.8 Å². The SMILES string of the molecule is O=c1[nH]nc(Sc2nc3c(=O)[nH]cnc3n2[C@@H]2O[C@@H](CO)[C@@H](O)[C@@H]2O)c(=O)[nH]1. The minimum Gasteiger partial charge on any atom is -0.394 e. The average Bonchev–Trinajstić information content (AvgIpc) is 3.16. The zero-order valence-corrected chi connectivity index (χ0v) is 14.6. The second-order valence-corrected chi connectivity index (χ2v) is 6.77. The third-order valence-electron chi connectivity index (χ3n) is 4.09. The molecule has 6 N–H and O–H groups in total. The van der Waals surface area contributed by atoms with E-state index in [1.54, 1.807) is 0 Å². The van der Waals surface area contributed by atoms with Crippen LogP contribution in [0.5, 0.6) is 0 Å². The molecule has 0 aromatic carbocycles. The number of aliphatic hydroxyl groups is 3. The Morgan fingerprint density at radius 2 is 2.00 bits per heavy atom. The van der Waals surface area contributed by atoms with Crippen LogP contribution in [0.4, 0.5) is 0 Å². The summed E-state index contributed by atoms with van der Waals surface area (Å²) in [5, 5.41) is 35.2. The number of fused-ring (bicyclic) bond motifs is 1. The molecule has 1 saturated heterocycles. The minimum absolute atomic E-state index is 0.0147. The van der Waals surface area contributed by atoms with Gasteiger partial charge in [-0.1, -0.05) is 0 Å². The Balaban J connectivity index is 1.88. The number of H-pyrrole nitrogens is 3. The van der Waals surface area contributed by atoms with E-state index < -0.39 is 48.0 Å². The average molecular weight is 411 g/mol. The van der Waals surface area contributed by atoms with Crippen molar-refractivity contribution < 1.29 is 20.1 Å². The highest BCUT2D eigenvalue weighted by molar-refractivity contribution is 7.99. The molecular weight excluding hydrogens is 398 g/mol. The number of ether oxygens (including phenoxy) is 1. The second-order valence-electron chi connectivity index (χ2n) is 5.81. The Morgan fingerprint density at radius 3 is 2.68 bits per heavy atom. The predicted molar refractivity (Wildman–Crippen MR) is 90.8 cm³/mol. The van der Waals surface area contributed by atoms with E-state index in [4.69, 9.17) is 4.74 Å². The zero-order valence-electron chi connectivity index (χ0n) is 13.8. The van der Waals surface area contributed by atoms with Gasteiger partial charge in [0, 0.05) is 0 Å². The summed E-state index contributed by atoms with van der Waals surface area (Å²) in [5.74, 6) is 0. The van der Waals surface area contributed by atoms with E-state index in [1.807, 2.05) is 4.98 Å². The fourth-order valence-corrected chi connectivity index (χ4v) is 3.62. The normalized spacial score (nSPS) is 24.8. The third-order valence-corrected chi connectivity index (χ3v) is 5.03. The predicted octanol–water partition coefficient (Wildman–Crippen LogP) is -3.35. The molecule has 4 atom stereocenters. The van der Waals surface area contributed by atoms with Crippen molar-refractivity contribution in [2.75, 3.05) is 6.61 Å². The number of aliphatic hydroxyl groups excluding tert-OH is 3. The molecule has 3 aromatic rings. The van der Waals surface area contributed by atoms with Crippen LogP contribution in [0.2, 0.25) is 0 Å². The summed E-state index contributed by atoms with van der Waals surface area (Å²) in [4.78, 5) is 47.7. The summed E-state index contributed by atoms with van der Waals surface area (Å²) in [6.07, 6.45) is -4.09. The lowest BCUT2D eigenvalue weighted by Gasteiger charge is -2.18. The maximum absolute atomic E-state index is 12.1. The van der Waals surface area contributed by atoms with E-state index in [-0.39, 0.29) is 21.3 Å². The van der Waals surface area contributed by atoms with Crippen LogP contribution in [0.25, 0.3) is 11.2 Å². The highest BCUT2D eigenvalue weighted by atomic mass is 32.2. The number of imidazole rings is 1. The molecule has 0 radical (unpaired) electrons. The Bertz CT molecular complexity index is 1200. The Morgan fingerprint density at radius 1 is 1.21 bits per heavy atom. The molecule has 0 unspecified atom stereocenters. The fourth-order valence-electron chi connectivity index (χ4n) is 2.79. The van der Waals surface area contributed by atoms with Gasteiger partial charge < -0.3 is 25.0 Å². The molecule has 4 rings (SSSR count). The molecule has 0 spiro atoms. The van der Waals surface area contributed by atoms with Crippen molar-refractivity contribution in [2.24, 2.45) is 0 Å². The smallest absolute Gasteiger partial charge is 0.342 e. The third kappa shape index (κ3) is 2.94. The maximum Gasteiger partial charge on any atom is 0.342 e. The van der Waals surface area contributed by atoms with Gasteiger partial charge in [-0.15, -0.1) is 0 Å². The first-order chi connectivity index (χ1) is 13.4. The van der Waals surface area contributed by atoms with Crippen LogP contribution in [-0.4, -0.2) is 74.9 Å². The number of nitrogens with zero attached hydrogens (tertiary/aromatic N) is 4. The molecule has 4 heterocycles. The highest BCUT2D eigenvalue weighted by Gasteiger charge is 2.45. The van der Waals surface area contributed by atoms with Gasteiger partial charge >= 0.3 is 5.69 Å². The van der Waals surface area contributed by atoms with Crippen LogP contribution in [0.1, 0.15) is 6.23 Å². The summed E-state index contributed by atoms with van der Waals surface area (Å²) in [6.45, 7) is -0.557. The monoisotopic (exact) mass is 411 g/mol. The topological polar surface area (TPSA) is 212 Å². The Labute approximate surface area is 157 Å². The number of aromatic amines is 3. The first-order valence-electron chi connectivity index (χ1n) is 7.85. The molecule has 0 bridgehead atoms. The van der Waals surface area contributed by atoms with Crippen LogP contribution >= 0.6 is 11.8 Å². The van der Waals surface area contributed by atoms with Gasteiger partial charge in [-0.25, -0.2) is 19.9 Å². The van der Waals surface area contributed by atoms with Crippen molar-refractivity contribution in [2.45, 2.75) is 34.7 Å². The van der Waals surface area contributed by atoms with Crippen LogP contribution in [0.3, 0.4) is 0 Å². The fraction of sp³-hybridized carbons (Fsp3) is 0.385. The standard InChI is InChI=1S/C13H13N7O7S/c21-1-3-5(22)6(23)11(27-3)20-7-4(8(24)15-2-14-7)16-13(20)28-10-9(25)17-12(26)19-18-10/h2-3,5-6,11,21-23H,1H2,(H,14,15,24)(H2,17,19,25,26)/t3-,5+,6-,11+/m0/s1. The molecule has 0 aliphatic carbocycles. The summed E-state index contributed by atoms with van der Waals surface area (Å²) in [7, 11) is 0. The van der Waals surface area contributed by atoms with E-state index in [0.717, 1.165) is 6.33 Å². The van der Waals surface area contributed by atoms with Gasteiger partial charge in [0.1, 0.15) is 18.3 Å². The second kappa shape index (κ2) is 6.95. The molecule has 3 aromatic heterocycles. The van der Waals surface area contributed by atoms with Gasteiger partial charge in [0.2, 0.25) is 0 Å². The highest BCUT2D eigenvalue weighted by Crippen LogP contribution is 2.35. The van der Waals surface area contributed by atoms with Gasteiger partial charge in [0.05, 0.1) is 12.9 Å². The lowest BCUT2D eigenvalue weighted by Crippen LogP contribution is -2.33. The number of rotatable bonds is 4. The van der Waals surface area contributed by atoms with E-state index >= 15 is 0 Å². The van der Waals surface area contributed by atoms with E-state index in [2.05, 4.69) is 25.1 Å². The number of aromatic nitrogens is 7. The molecule has 0 saturated carbocycles. The van der Waals surface area contributed by atoms with Crippen LogP contribution in [-0.2, 0) is 4.74 Å². The lowest BCUT2D eigenvalue weighted by molar-refractivity contribution is -0.0548. The molecule has 0 amide bonds. The van der Waals surface area contributed by atoms with Gasteiger partial charge in [0.25, 0.3) is 11.1 Å². The van der Waals surface area contributed by atoms with E-state index in [1.165, 1.54) is 4.57 Å². The number of hydrogen-bond acceptors (Lipinski definition) is 11. The minimum atomic E-state index is -1.48. The molecular formula is C13H13N7O7S. The molecule has 1 aliphatic heterocycles. The van der Waals surface area contributed by atoms with Gasteiger partial charge in [-0.05, 0) is 11.8 Å². The van der Waals surface area contributed by atoms with E-state index in [9.17, 15) is 29.7 Å². The molecule has 148 valence electrons. The molecule has 1 aliphatic rings. The zero-order chi connectivity index (χ0) is 20.0. The molecule has 15 heteroatoms. The number of nitrogens with one attached hydrogen (secondary N) is 3. The molecule has 1 fully saturated rings. The van der Waals surface area contributed by atoms with Gasteiger partial charge in [-0.3, -0.25) is 19.1 Å². The molecule has 14 nitrogen and oxygen atoms in total. The van der Waals surface area contributed by atoms with Crippen LogP contribution in [0.15, 0.2) is 30.9 Å². The van der Waals surface area contributed by atoms with Crippen molar-refractivity contribution in [1.82, 2.24) is 34.7 Å². The summed E-state index contributed by atoms with van der Waals surface area (Å²) >= 11 is 0.682. The quantitative estimate of drug-likeness (QED) is 0.249. The summed E-state index contributed by atoms with van der Waals surface area (Å²) < 4.78 is 6.71. The van der Waals surface area contributed by atoms with Crippen molar-refractivity contribution >= 4 is 22.9 Å². The van der Waals surface area contributed by atoms with E-state index in [0.29, 0.717) is 11.8 Å². The van der Waals surface area contributed by atoms with Gasteiger partial charge in [-0.2, -0.15) is 5.10 Å². The first kappa shape index (κ1) is 18.5. The van der Waals surface area contributed by atoms with Crippen molar-refractivity contribution in [3.63, 3.8) is 0 Å². The van der Waals surface area contributed by atoms with Gasteiger partial charge in [0.15, 0.2) is 27.6 Å². The van der Waals surface area contributed by atoms with Crippen LogP contribution in [0, 0.1) is 0 Å². The Hall–Kier alpha value is -2.85. The van der Waals surface area contributed by atoms with Crippen molar-refractivity contribution in [3.05, 3.63) is 37.5 Å². The number of hydrogen-bond donors (Lipinski definition) is 6. The first-order valence-corrected chi connectivity index (χ1v) is 8.67. The summed E-state index contributed by atoms with van der Waals surface area (Å²) in [6, 6.07) is 0.